The Bertz CT molecular complexity index is 396. The van der Waals surface area contributed by atoms with E-state index in [0.717, 1.165) is 17.0 Å². The van der Waals surface area contributed by atoms with E-state index in [4.69, 9.17) is 0 Å². The number of hydrogen-bond donors (Lipinski definition) is 0. The van der Waals surface area contributed by atoms with Crippen molar-refractivity contribution in [3.05, 3.63) is 48.4 Å². The Labute approximate surface area is 77.3 Å². The Morgan fingerprint density at radius 3 is 2.54 bits per heavy atom. The molecule has 1 radical (unpaired) electrons. The van der Waals surface area contributed by atoms with Gasteiger partial charge in [0.2, 0.25) is 0 Å². The Morgan fingerprint density at radius 1 is 1.08 bits per heavy atom. The van der Waals surface area contributed by atoms with Crippen LogP contribution in [0.4, 0.5) is 0 Å². The van der Waals surface area contributed by atoms with E-state index in [1.54, 1.807) is 0 Å². The highest BCUT2D eigenvalue weighted by Gasteiger charge is 1.97. The van der Waals surface area contributed by atoms with Crippen molar-refractivity contribution in [1.82, 2.24) is 9.97 Å². The highest BCUT2D eigenvalue weighted by atomic mass is 14.8. The summed E-state index contributed by atoms with van der Waals surface area (Å²) in [4.78, 5) is 8.00. The van der Waals surface area contributed by atoms with Gasteiger partial charge in [0.05, 0.1) is 5.69 Å². The van der Waals surface area contributed by atoms with E-state index < -0.39 is 0 Å². The zero-order chi connectivity index (χ0) is 9.10. The average molecular weight is 169 g/mol. The predicted octanol–water partition coefficient (Wildman–Crippen LogP) is 2.25. The van der Waals surface area contributed by atoms with Crippen LogP contribution in [0.25, 0.3) is 11.3 Å². The summed E-state index contributed by atoms with van der Waals surface area (Å²) < 4.78 is 0. The summed E-state index contributed by atoms with van der Waals surface area (Å²) in [5.74, 6) is 0. The lowest BCUT2D eigenvalue weighted by molar-refractivity contribution is 1.09. The molecule has 0 aliphatic rings. The fourth-order valence-electron chi connectivity index (χ4n) is 1.18. The lowest BCUT2D eigenvalue weighted by Gasteiger charge is -1.99. The van der Waals surface area contributed by atoms with Crippen molar-refractivity contribution in [3.8, 4) is 11.3 Å². The van der Waals surface area contributed by atoms with E-state index in [2.05, 4.69) is 16.3 Å². The highest BCUT2D eigenvalue weighted by molar-refractivity contribution is 5.58. The van der Waals surface area contributed by atoms with Crippen LogP contribution < -0.4 is 0 Å². The Morgan fingerprint density at radius 2 is 1.85 bits per heavy atom. The van der Waals surface area contributed by atoms with Gasteiger partial charge in [0.15, 0.2) is 6.33 Å². The van der Waals surface area contributed by atoms with Gasteiger partial charge in [0, 0.05) is 11.3 Å². The van der Waals surface area contributed by atoms with Crippen LogP contribution in [0.5, 0.6) is 0 Å². The number of rotatable bonds is 1. The van der Waals surface area contributed by atoms with Crippen molar-refractivity contribution < 1.29 is 0 Å². The monoisotopic (exact) mass is 169 g/mol. The molecule has 2 nitrogen and oxygen atoms in total. The third kappa shape index (κ3) is 1.72. The van der Waals surface area contributed by atoms with Crippen molar-refractivity contribution in [2.24, 2.45) is 0 Å². The maximum atomic E-state index is 4.07. The maximum absolute atomic E-state index is 4.07. The van der Waals surface area contributed by atoms with E-state index in [1.165, 1.54) is 0 Å². The fourth-order valence-corrected chi connectivity index (χ4v) is 1.18. The first-order valence-electron chi connectivity index (χ1n) is 4.13. The van der Waals surface area contributed by atoms with Gasteiger partial charge in [-0.3, -0.25) is 0 Å². The molecule has 0 saturated heterocycles. The second-order valence-electron chi connectivity index (χ2n) is 2.86. The van der Waals surface area contributed by atoms with Crippen LogP contribution in [0.1, 0.15) is 5.69 Å². The Balaban J connectivity index is 2.48. The smallest absolute Gasteiger partial charge is 0.198 e. The van der Waals surface area contributed by atoms with Crippen LogP contribution in [-0.4, -0.2) is 9.97 Å². The molecule has 13 heavy (non-hydrogen) atoms. The molecule has 1 aromatic carbocycles. The average Bonchev–Trinajstić information content (AvgIpc) is 2.19. The zero-order valence-corrected chi connectivity index (χ0v) is 7.36. The Kier molecular flexibility index (Phi) is 2.04. The standard InChI is InChI=1S/C11H9N2/c1-9-7-11(13-8-12-9)10-5-3-2-4-6-10/h2-7H,1H3. The van der Waals surface area contributed by atoms with Crippen molar-refractivity contribution in [2.45, 2.75) is 6.92 Å². The van der Waals surface area contributed by atoms with Crippen LogP contribution in [0.15, 0.2) is 36.4 Å². The van der Waals surface area contributed by atoms with Crippen molar-refractivity contribution in [3.63, 3.8) is 0 Å². The summed E-state index contributed by atoms with van der Waals surface area (Å²) in [5.41, 5.74) is 2.96. The molecule has 0 aliphatic heterocycles. The van der Waals surface area contributed by atoms with Crippen LogP contribution >= 0.6 is 0 Å². The van der Waals surface area contributed by atoms with Gasteiger partial charge in [-0.15, -0.1) is 0 Å². The molecule has 63 valence electrons. The van der Waals surface area contributed by atoms with Crippen molar-refractivity contribution >= 4 is 0 Å². The van der Waals surface area contributed by atoms with E-state index in [-0.39, 0.29) is 0 Å². The third-order valence-corrected chi connectivity index (χ3v) is 1.81. The molecule has 0 spiro atoms. The minimum absolute atomic E-state index is 0.924. The first kappa shape index (κ1) is 7.92. The molecular weight excluding hydrogens is 160 g/mol. The molecule has 1 aromatic heterocycles. The largest absolute Gasteiger partial charge is 0.231 e. The molecule has 2 heteroatoms. The fraction of sp³-hybridized carbons (Fsp3) is 0.0909. The summed E-state index contributed by atoms with van der Waals surface area (Å²) in [5, 5.41) is 0. The topological polar surface area (TPSA) is 25.8 Å². The summed E-state index contributed by atoms with van der Waals surface area (Å²) >= 11 is 0. The molecular formula is C11H9N2. The lowest BCUT2D eigenvalue weighted by Crippen LogP contribution is -1.87. The number of benzene rings is 1. The lowest BCUT2D eigenvalue weighted by atomic mass is 10.1. The second kappa shape index (κ2) is 3.35. The number of nitrogens with zero attached hydrogens (tertiary/aromatic N) is 2. The van der Waals surface area contributed by atoms with E-state index in [0.29, 0.717) is 0 Å². The molecule has 0 fully saturated rings. The molecule has 0 amide bonds. The SMILES string of the molecule is Cc1cc(-c2ccccc2)n[c]n1. The van der Waals surface area contributed by atoms with Crippen LogP contribution in [0.2, 0.25) is 0 Å². The molecule has 1 heterocycles. The Hall–Kier alpha value is -1.70. The van der Waals surface area contributed by atoms with Gasteiger partial charge >= 0.3 is 0 Å². The molecule has 0 unspecified atom stereocenters. The van der Waals surface area contributed by atoms with Crippen molar-refractivity contribution in [2.75, 3.05) is 0 Å². The molecule has 0 N–H and O–H groups in total. The minimum Gasteiger partial charge on any atom is -0.231 e. The minimum atomic E-state index is 0.924. The molecule has 0 saturated carbocycles. The van der Waals surface area contributed by atoms with Gasteiger partial charge in [-0.05, 0) is 13.0 Å². The molecule has 2 rings (SSSR count). The summed E-state index contributed by atoms with van der Waals surface area (Å²) in [6.45, 7) is 1.94. The molecule has 0 atom stereocenters. The van der Waals surface area contributed by atoms with Gasteiger partial charge in [-0.2, -0.15) is 0 Å². The van der Waals surface area contributed by atoms with Gasteiger partial charge in [-0.25, -0.2) is 9.97 Å². The highest BCUT2D eigenvalue weighted by Crippen LogP contribution is 2.15. The normalized spacial score (nSPS) is 9.92. The summed E-state index contributed by atoms with van der Waals surface area (Å²) in [7, 11) is 0. The third-order valence-electron chi connectivity index (χ3n) is 1.81. The van der Waals surface area contributed by atoms with Gasteiger partial charge < -0.3 is 0 Å². The number of hydrogen-bond acceptors (Lipinski definition) is 2. The van der Waals surface area contributed by atoms with Crippen molar-refractivity contribution in [1.29, 1.82) is 0 Å². The number of aromatic nitrogens is 2. The molecule has 0 bridgehead atoms. The van der Waals surface area contributed by atoms with Crippen LogP contribution in [0, 0.1) is 13.3 Å². The van der Waals surface area contributed by atoms with Gasteiger partial charge in [0.1, 0.15) is 0 Å². The first-order valence-corrected chi connectivity index (χ1v) is 4.13. The zero-order valence-electron chi connectivity index (χ0n) is 7.36. The molecule has 0 aliphatic carbocycles. The summed E-state index contributed by atoms with van der Waals surface area (Å²) in [6.07, 6.45) is 2.63. The maximum Gasteiger partial charge on any atom is 0.198 e. The van der Waals surface area contributed by atoms with Crippen LogP contribution in [-0.2, 0) is 0 Å². The number of aryl methyl sites for hydroxylation is 1. The predicted molar refractivity (Wildman–Crippen MR) is 51.0 cm³/mol. The second-order valence-corrected chi connectivity index (χ2v) is 2.86. The summed E-state index contributed by atoms with van der Waals surface area (Å²) in [6, 6.07) is 12.0. The van der Waals surface area contributed by atoms with Crippen LogP contribution in [0.3, 0.4) is 0 Å². The van der Waals surface area contributed by atoms with Gasteiger partial charge in [-0.1, -0.05) is 30.3 Å². The molecule has 2 aromatic rings. The quantitative estimate of drug-likeness (QED) is 0.654. The van der Waals surface area contributed by atoms with E-state index in [1.807, 2.05) is 43.3 Å². The van der Waals surface area contributed by atoms with E-state index in [9.17, 15) is 0 Å². The van der Waals surface area contributed by atoms with Gasteiger partial charge in [0.25, 0.3) is 0 Å². The van der Waals surface area contributed by atoms with E-state index >= 15 is 0 Å². The first-order chi connectivity index (χ1) is 6.36.